The Morgan fingerprint density at radius 3 is 2.26 bits per heavy atom. The number of aryl methyl sites for hydroxylation is 1. The molecule has 0 spiro atoms. The highest BCUT2D eigenvalue weighted by Gasteiger charge is 2.01. The molecule has 0 atom stereocenters. The maximum atomic E-state index is 6.10. The molecule has 0 bridgehead atoms. The highest BCUT2D eigenvalue weighted by molar-refractivity contribution is 6.37. The summed E-state index contributed by atoms with van der Waals surface area (Å²) in [5.74, 6) is 0. The summed E-state index contributed by atoms with van der Waals surface area (Å²) in [6.07, 6.45) is 4.82. The van der Waals surface area contributed by atoms with Gasteiger partial charge in [-0.15, -0.1) is 0 Å². The number of rotatable bonds is 3. The van der Waals surface area contributed by atoms with Crippen LogP contribution in [0.2, 0.25) is 15.1 Å². The Labute approximate surface area is 128 Å². The average molecular weight is 312 g/mol. The van der Waals surface area contributed by atoms with Crippen LogP contribution in [-0.4, -0.2) is 0 Å². The summed E-state index contributed by atoms with van der Waals surface area (Å²) >= 11 is 18.2. The zero-order chi connectivity index (χ0) is 13.8. The van der Waals surface area contributed by atoms with Crippen molar-refractivity contribution in [3.05, 3.63) is 74.2 Å². The molecule has 19 heavy (non-hydrogen) atoms. The Balaban J connectivity index is 2.13. The van der Waals surface area contributed by atoms with Crippen molar-refractivity contribution in [3.63, 3.8) is 0 Å². The van der Waals surface area contributed by atoms with E-state index in [1.807, 2.05) is 43.3 Å². The molecule has 0 amide bonds. The van der Waals surface area contributed by atoms with Crippen molar-refractivity contribution in [2.45, 2.75) is 13.3 Å². The molecule has 0 aliphatic heterocycles. The van der Waals surface area contributed by atoms with Gasteiger partial charge in [0.05, 0.1) is 0 Å². The third-order valence-electron chi connectivity index (χ3n) is 2.86. The molecule has 0 unspecified atom stereocenters. The minimum absolute atomic E-state index is 0.663. The zero-order valence-electron chi connectivity index (χ0n) is 10.5. The Hall–Kier alpha value is -0.950. The first-order valence-electron chi connectivity index (χ1n) is 5.93. The largest absolute Gasteiger partial charge is 0.0841 e. The second kappa shape index (κ2) is 6.47. The molecular formula is C16H13Cl3. The lowest BCUT2D eigenvalue weighted by Gasteiger charge is -2.02. The molecule has 0 aromatic heterocycles. The molecule has 2 rings (SSSR count). The van der Waals surface area contributed by atoms with Crippen molar-refractivity contribution in [2.75, 3.05) is 0 Å². The van der Waals surface area contributed by atoms with Crippen LogP contribution in [0.1, 0.15) is 16.7 Å². The Bertz CT molecular complexity index is 595. The number of hydrogen-bond donors (Lipinski definition) is 0. The first-order chi connectivity index (χ1) is 9.08. The molecule has 0 saturated heterocycles. The molecule has 0 heterocycles. The summed E-state index contributed by atoms with van der Waals surface area (Å²) in [5, 5.41) is 2.12. The van der Waals surface area contributed by atoms with Gasteiger partial charge in [0.2, 0.25) is 0 Å². The summed E-state index contributed by atoms with van der Waals surface area (Å²) < 4.78 is 0. The summed E-state index contributed by atoms with van der Waals surface area (Å²) in [5.41, 5.74) is 3.15. The van der Waals surface area contributed by atoms with Crippen molar-refractivity contribution < 1.29 is 0 Å². The Morgan fingerprint density at radius 1 is 0.947 bits per heavy atom. The lowest BCUT2D eigenvalue weighted by atomic mass is 10.1. The molecule has 2 aromatic carbocycles. The lowest BCUT2D eigenvalue weighted by molar-refractivity contribution is 1.26. The van der Waals surface area contributed by atoms with E-state index in [-0.39, 0.29) is 0 Å². The second-order valence-electron chi connectivity index (χ2n) is 4.33. The molecule has 0 N–H and O–H groups in total. The standard InChI is InChI=1S/C16H13Cl3/c1-11-10-12(8-9-14(11)17)4-2-5-13-15(18)6-3-7-16(13)19/h2-3,5-10H,4H2,1H3. The molecule has 2 aromatic rings. The number of hydrogen-bond acceptors (Lipinski definition) is 0. The Morgan fingerprint density at radius 2 is 1.63 bits per heavy atom. The fourth-order valence-electron chi connectivity index (χ4n) is 1.82. The van der Waals surface area contributed by atoms with Crippen molar-refractivity contribution in [2.24, 2.45) is 0 Å². The van der Waals surface area contributed by atoms with Crippen LogP contribution in [0.25, 0.3) is 6.08 Å². The maximum Gasteiger partial charge on any atom is 0.0493 e. The van der Waals surface area contributed by atoms with Gasteiger partial charge in [-0.2, -0.15) is 0 Å². The molecular weight excluding hydrogens is 299 g/mol. The van der Waals surface area contributed by atoms with Gasteiger partial charge in [-0.05, 0) is 42.7 Å². The molecule has 3 heteroatoms. The van der Waals surface area contributed by atoms with E-state index in [2.05, 4.69) is 12.1 Å². The summed E-state index contributed by atoms with van der Waals surface area (Å²) in [4.78, 5) is 0. The summed E-state index contributed by atoms with van der Waals surface area (Å²) in [6.45, 7) is 2.00. The van der Waals surface area contributed by atoms with E-state index in [4.69, 9.17) is 34.8 Å². The van der Waals surface area contributed by atoms with Gasteiger partial charge in [0, 0.05) is 20.6 Å². The third-order valence-corrected chi connectivity index (χ3v) is 3.94. The molecule has 0 radical (unpaired) electrons. The average Bonchev–Trinajstić information content (AvgIpc) is 2.37. The van der Waals surface area contributed by atoms with E-state index in [0.717, 1.165) is 22.6 Å². The van der Waals surface area contributed by atoms with E-state index in [1.165, 1.54) is 5.56 Å². The predicted molar refractivity (Wildman–Crippen MR) is 85.4 cm³/mol. The van der Waals surface area contributed by atoms with Gasteiger partial charge in [-0.3, -0.25) is 0 Å². The fourth-order valence-corrected chi connectivity index (χ4v) is 2.46. The Kier molecular flexibility index (Phi) is 4.93. The lowest BCUT2D eigenvalue weighted by Crippen LogP contribution is -1.84. The minimum atomic E-state index is 0.663. The molecule has 0 aliphatic carbocycles. The first kappa shape index (κ1) is 14.5. The predicted octanol–water partition coefficient (Wildman–Crippen LogP) is 6.21. The van der Waals surface area contributed by atoms with Gasteiger partial charge < -0.3 is 0 Å². The van der Waals surface area contributed by atoms with Crippen molar-refractivity contribution in [1.82, 2.24) is 0 Å². The fraction of sp³-hybridized carbons (Fsp3) is 0.125. The smallest absolute Gasteiger partial charge is 0.0493 e. The van der Waals surface area contributed by atoms with Crippen LogP contribution in [-0.2, 0) is 6.42 Å². The van der Waals surface area contributed by atoms with Gasteiger partial charge in [-0.25, -0.2) is 0 Å². The topological polar surface area (TPSA) is 0 Å². The second-order valence-corrected chi connectivity index (χ2v) is 5.55. The summed E-state index contributed by atoms with van der Waals surface area (Å²) in [7, 11) is 0. The van der Waals surface area contributed by atoms with Crippen LogP contribution >= 0.6 is 34.8 Å². The van der Waals surface area contributed by atoms with Gasteiger partial charge in [0.1, 0.15) is 0 Å². The van der Waals surface area contributed by atoms with Gasteiger partial charge in [-0.1, -0.05) is 65.2 Å². The SMILES string of the molecule is Cc1cc(CC=Cc2c(Cl)cccc2Cl)ccc1Cl. The molecule has 0 saturated carbocycles. The third kappa shape index (κ3) is 3.76. The van der Waals surface area contributed by atoms with Crippen LogP contribution in [0, 0.1) is 6.92 Å². The highest BCUT2D eigenvalue weighted by atomic mass is 35.5. The zero-order valence-corrected chi connectivity index (χ0v) is 12.7. The van der Waals surface area contributed by atoms with E-state index in [1.54, 1.807) is 0 Å². The van der Waals surface area contributed by atoms with Crippen molar-refractivity contribution in [3.8, 4) is 0 Å². The van der Waals surface area contributed by atoms with Crippen molar-refractivity contribution >= 4 is 40.9 Å². The van der Waals surface area contributed by atoms with Gasteiger partial charge in [0.25, 0.3) is 0 Å². The van der Waals surface area contributed by atoms with E-state index in [0.29, 0.717) is 10.0 Å². The molecule has 0 aliphatic rings. The molecule has 98 valence electrons. The number of halogens is 3. The molecule has 0 nitrogen and oxygen atoms in total. The van der Waals surface area contributed by atoms with Crippen LogP contribution in [0.4, 0.5) is 0 Å². The van der Waals surface area contributed by atoms with E-state index >= 15 is 0 Å². The van der Waals surface area contributed by atoms with Crippen LogP contribution in [0.5, 0.6) is 0 Å². The number of allylic oxidation sites excluding steroid dienone is 1. The molecule has 0 fully saturated rings. The van der Waals surface area contributed by atoms with Crippen LogP contribution in [0.15, 0.2) is 42.5 Å². The minimum Gasteiger partial charge on any atom is -0.0841 e. The highest BCUT2D eigenvalue weighted by Crippen LogP contribution is 2.25. The van der Waals surface area contributed by atoms with Gasteiger partial charge in [0.15, 0.2) is 0 Å². The van der Waals surface area contributed by atoms with E-state index < -0.39 is 0 Å². The quantitative estimate of drug-likeness (QED) is 0.632. The van der Waals surface area contributed by atoms with Crippen LogP contribution < -0.4 is 0 Å². The monoisotopic (exact) mass is 310 g/mol. The maximum absolute atomic E-state index is 6.10. The van der Waals surface area contributed by atoms with Gasteiger partial charge >= 0.3 is 0 Å². The van der Waals surface area contributed by atoms with Crippen LogP contribution in [0.3, 0.4) is 0 Å². The van der Waals surface area contributed by atoms with E-state index in [9.17, 15) is 0 Å². The number of benzene rings is 2. The normalized spacial score (nSPS) is 11.2. The van der Waals surface area contributed by atoms with Crippen molar-refractivity contribution in [1.29, 1.82) is 0 Å². The first-order valence-corrected chi connectivity index (χ1v) is 7.07. The summed E-state index contributed by atoms with van der Waals surface area (Å²) in [6, 6.07) is 11.5.